The summed E-state index contributed by atoms with van der Waals surface area (Å²) < 4.78 is 41.8. The highest BCUT2D eigenvalue weighted by molar-refractivity contribution is 5.85. The standard InChI is InChI=1S/C9H10F3NO4/c10-9(11,12)6(14)13-3-5-8(4-13,7(15)16)1-2-17-5/h5H,1-4H2,(H,15,16)/t5-,8-/m0/s1. The topological polar surface area (TPSA) is 66.8 Å². The lowest BCUT2D eigenvalue weighted by molar-refractivity contribution is -0.185. The van der Waals surface area contributed by atoms with Crippen molar-refractivity contribution in [1.82, 2.24) is 4.90 Å². The van der Waals surface area contributed by atoms with Crippen molar-refractivity contribution in [2.45, 2.75) is 18.7 Å². The first-order valence-corrected chi connectivity index (χ1v) is 4.98. The third-order valence-electron chi connectivity index (χ3n) is 3.30. The number of carbonyl (C=O) groups is 2. The van der Waals surface area contributed by atoms with Crippen molar-refractivity contribution < 1.29 is 32.6 Å². The molecule has 17 heavy (non-hydrogen) atoms. The lowest BCUT2D eigenvalue weighted by atomic mass is 9.84. The third-order valence-corrected chi connectivity index (χ3v) is 3.30. The molecule has 96 valence electrons. The van der Waals surface area contributed by atoms with E-state index >= 15 is 0 Å². The lowest BCUT2D eigenvalue weighted by Crippen LogP contribution is -2.42. The Kier molecular flexibility index (Phi) is 2.57. The van der Waals surface area contributed by atoms with E-state index in [0.717, 1.165) is 0 Å². The molecule has 1 N–H and O–H groups in total. The van der Waals surface area contributed by atoms with Crippen molar-refractivity contribution in [3.8, 4) is 0 Å². The Balaban J connectivity index is 2.19. The molecule has 5 nitrogen and oxygen atoms in total. The van der Waals surface area contributed by atoms with E-state index in [0.29, 0.717) is 4.90 Å². The van der Waals surface area contributed by atoms with Crippen molar-refractivity contribution in [2.24, 2.45) is 5.41 Å². The summed E-state index contributed by atoms with van der Waals surface area (Å²) in [7, 11) is 0. The highest BCUT2D eigenvalue weighted by atomic mass is 19.4. The number of hydrogen-bond donors (Lipinski definition) is 1. The molecule has 2 aliphatic heterocycles. The van der Waals surface area contributed by atoms with Crippen LogP contribution in [0.3, 0.4) is 0 Å². The summed E-state index contributed by atoms with van der Waals surface area (Å²) in [5.74, 6) is -3.21. The Labute approximate surface area is 94.1 Å². The number of halogens is 3. The van der Waals surface area contributed by atoms with Crippen LogP contribution in [0.15, 0.2) is 0 Å². The first kappa shape index (κ1) is 12.2. The van der Waals surface area contributed by atoms with E-state index in [1.165, 1.54) is 0 Å². The minimum Gasteiger partial charge on any atom is -0.481 e. The number of carbonyl (C=O) groups excluding carboxylic acids is 1. The average Bonchev–Trinajstić information content (AvgIpc) is 2.70. The minimum atomic E-state index is -4.97. The molecule has 0 aromatic heterocycles. The predicted molar refractivity (Wildman–Crippen MR) is 47.1 cm³/mol. The molecule has 8 heteroatoms. The molecule has 0 aromatic rings. The first-order valence-electron chi connectivity index (χ1n) is 4.98. The smallest absolute Gasteiger partial charge is 0.471 e. The van der Waals surface area contributed by atoms with Gasteiger partial charge in [-0.05, 0) is 6.42 Å². The SMILES string of the molecule is O=C(N1C[C@@H]2OCC[C@]2(C(=O)O)C1)C(F)(F)F. The van der Waals surface area contributed by atoms with Crippen LogP contribution in [0, 0.1) is 5.41 Å². The van der Waals surface area contributed by atoms with Gasteiger partial charge in [-0.3, -0.25) is 9.59 Å². The quantitative estimate of drug-likeness (QED) is 0.727. The summed E-state index contributed by atoms with van der Waals surface area (Å²) in [6.07, 6.45) is -5.68. The van der Waals surface area contributed by atoms with E-state index in [9.17, 15) is 22.8 Å². The number of carboxylic acid groups (broad SMARTS) is 1. The third kappa shape index (κ3) is 1.76. The molecule has 0 radical (unpaired) electrons. The summed E-state index contributed by atoms with van der Waals surface area (Å²) in [5, 5.41) is 9.08. The van der Waals surface area contributed by atoms with Crippen LogP contribution in [0.5, 0.6) is 0 Å². The molecule has 0 aliphatic carbocycles. The molecule has 2 aliphatic rings. The van der Waals surface area contributed by atoms with Gasteiger partial charge in [0, 0.05) is 19.7 Å². The molecule has 0 saturated carbocycles. The van der Waals surface area contributed by atoms with Crippen LogP contribution in [-0.4, -0.2) is 53.9 Å². The molecular weight excluding hydrogens is 243 g/mol. The van der Waals surface area contributed by atoms with Crippen LogP contribution in [0.1, 0.15) is 6.42 Å². The number of aliphatic carboxylic acids is 1. The molecule has 0 bridgehead atoms. The van der Waals surface area contributed by atoms with Crippen molar-refractivity contribution >= 4 is 11.9 Å². The fourth-order valence-electron chi connectivity index (χ4n) is 2.36. The maximum Gasteiger partial charge on any atom is 0.471 e. The van der Waals surface area contributed by atoms with Gasteiger partial charge in [-0.25, -0.2) is 0 Å². The summed E-state index contributed by atoms with van der Waals surface area (Å²) in [6.45, 7) is -0.555. The molecule has 2 heterocycles. The van der Waals surface area contributed by atoms with Crippen molar-refractivity contribution in [3.05, 3.63) is 0 Å². The summed E-state index contributed by atoms with van der Waals surface area (Å²) in [6, 6.07) is 0. The highest BCUT2D eigenvalue weighted by Crippen LogP contribution is 2.42. The Bertz CT molecular complexity index is 370. The number of rotatable bonds is 1. The maximum atomic E-state index is 12.2. The van der Waals surface area contributed by atoms with Gasteiger partial charge in [0.2, 0.25) is 0 Å². The molecule has 1 amide bonds. The van der Waals surface area contributed by atoms with Gasteiger partial charge in [0.05, 0.1) is 6.10 Å². The predicted octanol–water partition coefficient (Wildman–Crippen LogP) is 0.251. The minimum absolute atomic E-state index is 0.134. The average molecular weight is 253 g/mol. The van der Waals surface area contributed by atoms with Gasteiger partial charge in [0.1, 0.15) is 5.41 Å². The number of likely N-dealkylation sites (tertiary alicyclic amines) is 1. The largest absolute Gasteiger partial charge is 0.481 e. The zero-order chi connectivity index (χ0) is 12.8. The van der Waals surface area contributed by atoms with Gasteiger partial charge in [0.25, 0.3) is 0 Å². The van der Waals surface area contributed by atoms with E-state index in [1.807, 2.05) is 0 Å². The zero-order valence-corrected chi connectivity index (χ0v) is 8.66. The molecule has 2 rings (SSSR count). The number of ether oxygens (including phenoxy) is 1. The van der Waals surface area contributed by atoms with Crippen molar-refractivity contribution in [1.29, 1.82) is 0 Å². The van der Waals surface area contributed by atoms with E-state index in [2.05, 4.69) is 0 Å². The molecule has 2 atom stereocenters. The number of amides is 1. The second kappa shape index (κ2) is 3.59. The van der Waals surface area contributed by atoms with Gasteiger partial charge in [-0.2, -0.15) is 13.2 Å². The van der Waals surface area contributed by atoms with Crippen LogP contribution in [0.4, 0.5) is 13.2 Å². The zero-order valence-electron chi connectivity index (χ0n) is 8.66. The van der Waals surface area contributed by atoms with Crippen molar-refractivity contribution in [3.63, 3.8) is 0 Å². The van der Waals surface area contributed by atoms with E-state index in [-0.39, 0.29) is 19.6 Å². The normalized spacial score (nSPS) is 32.6. The van der Waals surface area contributed by atoms with Gasteiger partial charge < -0.3 is 14.7 Å². The second-order valence-electron chi connectivity index (χ2n) is 4.25. The molecule has 2 saturated heterocycles. The molecule has 2 fully saturated rings. The maximum absolute atomic E-state index is 12.2. The number of hydrogen-bond acceptors (Lipinski definition) is 3. The van der Waals surface area contributed by atoms with Crippen LogP contribution in [0.25, 0.3) is 0 Å². The molecule has 0 spiro atoms. The Morgan fingerprint density at radius 3 is 2.53 bits per heavy atom. The second-order valence-corrected chi connectivity index (χ2v) is 4.25. The first-order chi connectivity index (χ1) is 7.77. The summed E-state index contributed by atoms with van der Waals surface area (Å²) >= 11 is 0. The summed E-state index contributed by atoms with van der Waals surface area (Å²) in [5.41, 5.74) is -1.37. The number of fused-ring (bicyclic) bond motifs is 1. The summed E-state index contributed by atoms with van der Waals surface area (Å²) in [4.78, 5) is 22.7. The fraction of sp³-hybridized carbons (Fsp3) is 0.778. The highest BCUT2D eigenvalue weighted by Gasteiger charge is 2.59. The van der Waals surface area contributed by atoms with Gasteiger partial charge in [0.15, 0.2) is 0 Å². The van der Waals surface area contributed by atoms with Gasteiger partial charge >= 0.3 is 18.1 Å². The van der Waals surface area contributed by atoms with Crippen LogP contribution in [0.2, 0.25) is 0 Å². The van der Waals surface area contributed by atoms with Gasteiger partial charge in [-0.1, -0.05) is 0 Å². The van der Waals surface area contributed by atoms with E-state index < -0.39 is 36.1 Å². The molecule has 0 aromatic carbocycles. The Morgan fingerprint density at radius 2 is 2.06 bits per heavy atom. The van der Waals surface area contributed by atoms with E-state index in [1.54, 1.807) is 0 Å². The lowest BCUT2D eigenvalue weighted by Gasteiger charge is -2.22. The molecule has 0 unspecified atom stereocenters. The van der Waals surface area contributed by atoms with Crippen LogP contribution in [-0.2, 0) is 14.3 Å². The molecular formula is C9H10F3NO4. The van der Waals surface area contributed by atoms with Crippen LogP contribution >= 0.6 is 0 Å². The number of carboxylic acids is 1. The Morgan fingerprint density at radius 1 is 1.41 bits per heavy atom. The Hall–Kier alpha value is -1.31. The fourth-order valence-corrected chi connectivity index (χ4v) is 2.36. The van der Waals surface area contributed by atoms with Crippen LogP contribution < -0.4 is 0 Å². The van der Waals surface area contributed by atoms with Crippen molar-refractivity contribution in [2.75, 3.05) is 19.7 Å². The van der Waals surface area contributed by atoms with Gasteiger partial charge in [-0.15, -0.1) is 0 Å². The monoisotopic (exact) mass is 253 g/mol. The number of nitrogens with zero attached hydrogens (tertiary/aromatic N) is 1. The number of alkyl halides is 3. The van der Waals surface area contributed by atoms with E-state index in [4.69, 9.17) is 9.84 Å².